The van der Waals surface area contributed by atoms with Gasteiger partial charge in [-0.3, -0.25) is 9.79 Å². The Morgan fingerprint density at radius 1 is 1.17 bits per heavy atom. The predicted octanol–water partition coefficient (Wildman–Crippen LogP) is 2.76. The van der Waals surface area contributed by atoms with Crippen molar-refractivity contribution in [3.63, 3.8) is 0 Å². The van der Waals surface area contributed by atoms with E-state index in [0.29, 0.717) is 13.1 Å². The van der Waals surface area contributed by atoms with Gasteiger partial charge in [-0.2, -0.15) is 0 Å². The Morgan fingerprint density at radius 2 is 1.88 bits per heavy atom. The molecule has 1 rings (SSSR count). The second-order valence-electron chi connectivity index (χ2n) is 5.44. The largest absolute Gasteiger partial charge is 0.357 e. The normalized spacial score (nSPS) is 11.5. The molecule has 134 valence electrons. The summed E-state index contributed by atoms with van der Waals surface area (Å²) in [6.45, 7) is 8.49. The first-order chi connectivity index (χ1) is 11.5. The van der Waals surface area contributed by atoms with E-state index < -0.39 is 0 Å². The van der Waals surface area contributed by atoms with Gasteiger partial charge in [-0.1, -0.05) is 25.4 Å². The molecule has 0 fully saturated rings. The molecule has 0 radical (unpaired) electrons. The van der Waals surface area contributed by atoms with Crippen molar-refractivity contribution in [2.75, 3.05) is 31.9 Å². The highest BCUT2D eigenvalue weighted by molar-refractivity contribution is 7.99. The fraction of sp³-hybridized carbons (Fsp3) is 0.529. The number of nitrogens with zero attached hydrogens (tertiary/aromatic N) is 1. The van der Waals surface area contributed by atoms with Crippen LogP contribution in [0.1, 0.15) is 20.8 Å². The Labute approximate surface area is 154 Å². The number of guanidine groups is 1. The smallest absolute Gasteiger partial charge is 0.222 e. The zero-order valence-electron chi connectivity index (χ0n) is 14.6. The molecular weight excluding hydrogens is 344 g/mol. The minimum atomic E-state index is 0.00485. The highest BCUT2D eigenvalue weighted by Crippen LogP contribution is 2.19. The summed E-state index contributed by atoms with van der Waals surface area (Å²) in [5.41, 5.74) is 0. The van der Waals surface area contributed by atoms with E-state index in [4.69, 9.17) is 11.6 Å². The van der Waals surface area contributed by atoms with Crippen molar-refractivity contribution >= 4 is 35.2 Å². The Morgan fingerprint density at radius 3 is 2.50 bits per heavy atom. The minimum Gasteiger partial charge on any atom is -0.357 e. The van der Waals surface area contributed by atoms with Crippen LogP contribution in [0, 0.1) is 5.92 Å². The lowest BCUT2D eigenvalue weighted by molar-refractivity contribution is -0.123. The van der Waals surface area contributed by atoms with Crippen LogP contribution >= 0.6 is 23.4 Å². The molecule has 24 heavy (non-hydrogen) atoms. The molecule has 0 heterocycles. The first-order valence-electron chi connectivity index (χ1n) is 8.21. The monoisotopic (exact) mass is 370 g/mol. The quantitative estimate of drug-likeness (QED) is 0.270. The van der Waals surface area contributed by atoms with Crippen LogP contribution in [-0.4, -0.2) is 43.8 Å². The fourth-order valence-corrected chi connectivity index (χ4v) is 2.66. The maximum atomic E-state index is 11.5. The van der Waals surface area contributed by atoms with E-state index in [1.54, 1.807) is 11.8 Å². The molecule has 0 aliphatic heterocycles. The molecule has 0 aliphatic carbocycles. The summed E-state index contributed by atoms with van der Waals surface area (Å²) in [6.07, 6.45) is 0. The van der Waals surface area contributed by atoms with Crippen molar-refractivity contribution in [2.45, 2.75) is 25.7 Å². The second-order valence-corrected chi connectivity index (χ2v) is 7.04. The third-order valence-corrected chi connectivity index (χ3v) is 4.29. The van der Waals surface area contributed by atoms with Gasteiger partial charge in [0.1, 0.15) is 0 Å². The van der Waals surface area contributed by atoms with Crippen molar-refractivity contribution in [2.24, 2.45) is 10.9 Å². The van der Waals surface area contributed by atoms with Crippen molar-refractivity contribution in [3.8, 4) is 0 Å². The molecule has 0 aliphatic rings. The molecule has 0 bridgehead atoms. The summed E-state index contributed by atoms with van der Waals surface area (Å²) >= 11 is 7.64. The number of benzene rings is 1. The van der Waals surface area contributed by atoms with Gasteiger partial charge in [0.2, 0.25) is 5.91 Å². The summed E-state index contributed by atoms with van der Waals surface area (Å²) in [7, 11) is 0. The van der Waals surface area contributed by atoms with Gasteiger partial charge in [0.15, 0.2) is 5.96 Å². The number of halogens is 1. The molecular formula is C17H27ClN4OS. The van der Waals surface area contributed by atoms with E-state index in [0.717, 1.165) is 29.8 Å². The fourth-order valence-electron chi connectivity index (χ4n) is 1.76. The number of carbonyl (C=O) groups is 1. The van der Waals surface area contributed by atoms with Crippen LogP contribution < -0.4 is 16.0 Å². The molecule has 0 saturated carbocycles. The van der Waals surface area contributed by atoms with Gasteiger partial charge in [-0.15, -0.1) is 11.8 Å². The van der Waals surface area contributed by atoms with Crippen LogP contribution in [0.15, 0.2) is 34.2 Å². The zero-order valence-corrected chi connectivity index (χ0v) is 16.1. The van der Waals surface area contributed by atoms with Gasteiger partial charge >= 0.3 is 0 Å². The first kappa shape index (κ1) is 20.6. The highest BCUT2D eigenvalue weighted by atomic mass is 35.5. The van der Waals surface area contributed by atoms with Crippen LogP contribution in [0.4, 0.5) is 0 Å². The lowest BCUT2D eigenvalue weighted by Crippen LogP contribution is -2.39. The number of amides is 1. The highest BCUT2D eigenvalue weighted by Gasteiger charge is 2.04. The Hall–Kier alpha value is -1.40. The van der Waals surface area contributed by atoms with E-state index >= 15 is 0 Å². The van der Waals surface area contributed by atoms with Gasteiger partial charge in [-0.05, 0) is 31.2 Å². The maximum Gasteiger partial charge on any atom is 0.222 e. The van der Waals surface area contributed by atoms with Crippen molar-refractivity contribution in [1.82, 2.24) is 16.0 Å². The first-order valence-corrected chi connectivity index (χ1v) is 9.57. The number of hydrogen-bond donors (Lipinski definition) is 3. The number of hydrogen-bond acceptors (Lipinski definition) is 3. The van der Waals surface area contributed by atoms with Crippen LogP contribution in [-0.2, 0) is 4.79 Å². The molecule has 1 aromatic rings. The molecule has 0 saturated heterocycles. The lowest BCUT2D eigenvalue weighted by Gasteiger charge is -2.11. The number of carbonyl (C=O) groups excluding carboxylic acids is 1. The van der Waals surface area contributed by atoms with Crippen molar-refractivity contribution < 1.29 is 4.79 Å². The summed E-state index contributed by atoms with van der Waals surface area (Å²) in [5, 5.41) is 10.1. The van der Waals surface area contributed by atoms with Gasteiger partial charge in [0, 0.05) is 41.2 Å². The van der Waals surface area contributed by atoms with Gasteiger partial charge in [0.05, 0.1) is 6.54 Å². The van der Waals surface area contributed by atoms with E-state index in [2.05, 4.69) is 20.9 Å². The average molecular weight is 371 g/mol. The third kappa shape index (κ3) is 9.03. The minimum absolute atomic E-state index is 0.00485. The number of thioether (sulfide) groups is 1. The zero-order chi connectivity index (χ0) is 17.8. The summed E-state index contributed by atoms with van der Waals surface area (Å²) in [6, 6.07) is 7.83. The van der Waals surface area contributed by atoms with Gasteiger partial charge in [-0.25, -0.2) is 0 Å². The van der Waals surface area contributed by atoms with Crippen molar-refractivity contribution in [3.05, 3.63) is 29.3 Å². The Bertz CT molecular complexity index is 520. The lowest BCUT2D eigenvalue weighted by atomic mass is 10.2. The van der Waals surface area contributed by atoms with E-state index in [9.17, 15) is 4.79 Å². The van der Waals surface area contributed by atoms with E-state index in [-0.39, 0.29) is 11.8 Å². The molecule has 0 aromatic heterocycles. The third-order valence-electron chi connectivity index (χ3n) is 3.03. The van der Waals surface area contributed by atoms with Crippen LogP contribution in [0.25, 0.3) is 0 Å². The standard InChI is InChI=1S/C17H27ClN4OS/c1-4-19-17(21-10-9-20-16(23)13(2)3)22-11-12-24-15-7-5-14(18)6-8-15/h5-8,13H,4,9-12H2,1-3H3,(H,20,23)(H2,19,21,22). The molecule has 7 heteroatoms. The van der Waals surface area contributed by atoms with Crippen LogP contribution in [0.3, 0.4) is 0 Å². The van der Waals surface area contributed by atoms with Gasteiger partial charge < -0.3 is 16.0 Å². The molecule has 3 N–H and O–H groups in total. The topological polar surface area (TPSA) is 65.5 Å². The van der Waals surface area contributed by atoms with E-state index in [1.807, 2.05) is 45.0 Å². The van der Waals surface area contributed by atoms with Crippen LogP contribution in [0.5, 0.6) is 0 Å². The Balaban J connectivity index is 2.27. The predicted molar refractivity (Wildman–Crippen MR) is 104 cm³/mol. The summed E-state index contributed by atoms with van der Waals surface area (Å²) in [5.74, 6) is 1.76. The summed E-state index contributed by atoms with van der Waals surface area (Å²) in [4.78, 5) is 17.1. The number of rotatable bonds is 9. The van der Waals surface area contributed by atoms with Gasteiger partial charge in [0.25, 0.3) is 0 Å². The Kier molecular flexibility index (Phi) is 10.4. The second kappa shape index (κ2) is 12.0. The maximum absolute atomic E-state index is 11.5. The average Bonchev–Trinajstić information content (AvgIpc) is 2.56. The SMILES string of the molecule is CCNC(=NCCNC(=O)C(C)C)NCCSc1ccc(Cl)cc1. The molecule has 0 atom stereocenters. The van der Waals surface area contributed by atoms with E-state index in [1.165, 1.54) is 4.90 Å². The molecule has 1 amide bonds. The van der Waals surface area contributed by atoms with Crippen molar-refractivity contribution in [1.29, 1.82) is 0 Å². The number of aliphatic imine (C=N–C) groups is 1. The number of nitrogens with one attached hydrogen (secondary N) is 3. The summed E-state index contributed by atoms with van der Waals surface area (Å²) < 4.78 is 0. The molecule has 0 unspecified atom stereocenters. The molecule has 5 nitrogen and oxygen atoms in total. The van der Waals surface area contributed by atoms with Crippen LogP contribution in [0.2, 0.25) is 5.02 Å². The molecule has 1 aromatic carbocycles. The molecule has 0 spiro atoms.